The molecule has 17 heavy (non-hydrogen) atoms. The number of aryl methyl sites for hydroxylation is 1. The number of Topliss-reactive ketones (excluding diaryl/α,β-unsaturated/α-hetero) is 1. The van der Waals surface area contributed by atoms with E-state index in [1.165, 1.54) is 5.56 Å². The van der Waals surface area contributed by atoms with E-state index in [-0.39, 0.29) is 5.41 Å². The molecule has 2 rings (SSSR count). The van der Waals surface area contributed by atoms with Crippen molar-refractivity contribution in [3.8, 4) is 5.75 Å². The first-order valence-electron chi connectivity index (χ1n) is 6.26. The highest BCUT2D eigenvalue weighted by Crippen LogP contribution is 2.41. The molecule has 1 aliphatic rings. The molecule has 0 radical (unpaired) electrons. The Bertz CT molecular complexity index is 437. The molecular weight excluding hydrogens is 212 g/mol. The van der Waals surface area contributed by atoms with Gasteiger partial charge >= 0.3 is 0 Å². The molecule has 92 valence electrons. The Labute approximate surface area is 103 Å². The molecule has 0 N–H and O–H groups in total. The van der Waals surface area contributed by atoms with Crippen molar-refractivity contribution in [2.75, 3.05) is 7.11 Å². The van der Waals surface area contributed by atoms with Crippen molar-refractivity contribution >= 4 is 5.78 Å². The van der Waals surface area contributed by atoms with Gasteiger partial charge in [-0.15, -0.1) is 0 Å². The van der Waals surface area contributed by atoms with Gasteiger partial charge in [0.15, 0.2) is 0 Å². The Morgan fingerprint density at radius 2 is 2.06 bits per heavy atom. The third kappa shape index (κ3) is 2.08. The topological polar surface area (TPSA) is 26.3 Å². The Balaban J connectivity index is 2.50. The zero-order valence-corrected chi connectivity index (χ0v) is 10.9. The van der Waals surface area contributed by atoms with Crippen molar-refractivity contribution in [3.05, 3.63) is 29.3 Å². The normalized spacial score (nSPS) is 24.8. The number of ketones is 1. The monoisotopic (exact) mass is 232 g/mol. The van der Waals surface area contributed by atoms with Crippen LogP contribution in [0.3, 0.4) is 0 Å². The fourth-order valence-electron chi connectivity index (χ4n) is 2.72. The Morgan fingerprint density at radius 3 is 2.71 bits per heavy atom. The second-order valence-electron chi connectivity index (χ2n) is 5.17. The molecule has 1 fully saturated rings. The minimum atomic E-state index is -0.352. The van der Waals surface area contributed by atoms with Gasteiger partial charge in [0.05, 0.1) is 12.5 Å². The van der Waals surface area contributed by atoms with Gasteiger partial charge in [0.1, 0.15) is 11.5 Å². The molecule has 1 aromatic carbocycles. The van der Waals surface area contributed by atoms with Crippen LogP contribution in [0.2, 0.25) is 0 Å². The second-order valence-corrected chi connectivity index (χ2v) is 5.17. The Morgan fingerprint density at radius 1 is 1.29 bits per heavy atom. The molecule has 0 spiro atoms. The van der Waals surface area contributed by atoms with Crippen molar-refractivity contribution in [2.45, 2.75) is 44.9 Å². The molecule has 0 bridgehead atoms. The van der Waals surface area contributed by atoms with E-state index >= 15 is 0 Å². The number of rotatable bonds is 2. The van der Waals surface area contributed by atoms with Crippen LogP contribution < -0.4 is 4.74 Å². The first-order chi connectivity index (χ1) is 8.08. The van der Waals surface area contributed by atoms with Crippen molar-refractivity contribution in [3.63, 3.8) is 0 Å². The van der Waals surface area contributed by atoms with E-state index in [2.05, 4.69) is 19.9 Å². The van der Waals surface area contributed by atoms with Crippen LogP contribution in [0.5, 0.6) is 5.75 Å². The van der Waals surface area contributed by atoms with Gasteiger partial charge in [0.2, 0.25) is 0 Å². The van der Waals surface area contributed by atoms with Gasteiger partial charge in [-0.25, -0.2) is 0 Å². The smallest absolute Gasteiger partial charge is 0.143 e. The molecule has 2 heteroatoms. The van der Waals surface area contributed by atoms with Crippen molar-refractivity contribution in [2.24, 2.45) is 0 Å². The number of carbonyl (C=O) groups is 1. The van der Waals surface area contributed by atoms with Crippen LogP contribution >= 0.6 is 0 Å². The third-order valence-corrected chi connectivity index (χ3v) is 3.90. The van der Waals surface area contributed by atoms with E-state index < -0.39 is 0 Å². The van der Waals surface area contributed by atoms with E-state index in [9.17, 15) is 4.79 Å². The molecule has 1 unspecified atom stereocenters. The average molecular weight is 232 g/mol. The van der Waals surface area contributed by atoms with Crippen LogP contribution in [0, 0.1) is 6.92 Å². The molecule has 1 aliphatic carbocycles. The summed E-state index contributed by atoms with van der Waals surface area (Å²) in [6.45, 7) is 4.12. The third-order valence-electron chi connectivity index (χ3n) is 3.90. The minimum absolute atomic E-state index is 0.352. The minimum Gasteiger partial charge on any atom is -0.496 e. The SMILES string of the molecule is COc1ccc(C)cc1C1(C)CCCCC1=O. The summed E-state index contributed by atoms with van der Waals surface area (Å²) in [5, 5.41) is 0. The molecule has 1 atom stereocenters. The Hall–Kier alpha value is -1.31. The van der Waals surface area contributed by atoms with Crippen LogP contribution in [0.1, 0.15) is 43.7 Å². The summed E-state index contributed by atoms with van der Waals surface area (Å²) in [5.74, 6) is 1.20. The summed E-state index contributed by atoms with van der Waals surface area (Å²) in [4.78, 5) is 12.2. The van der Waals surface area contributed by atoms with Crippen molar-refractivity contribution in [1.82, 2.24) is 0 Å². The number of ether oxygens (including phenoxy) is 1. The van der Waals surface area contributed by atoms with Gasteiger partial charge in [0, 0.05) is 12.0 Å². The number of methoxy groups -OCH3 is 1. The predicted molar refractivity (Wildman–Crippen MR) is 68.6 cm³/mol. The largest absolute Gasteiger partial charge is 0.496 e. The summed E-state index contributed by atoms with van der Waals surface area (Å²) >= 11 is 0. The molecule has 0 heterocycles. The summed E-state index contributed by atoms with van der Waals surface area (Å²) < 4.78 is 5.41. The van der Waals surface area contributed by atoms with Crippen LogP contribution in [-0.4, -0.2) is 12.9 Å². The first-order valence-corrected chi connectivity index (χ1v) is 6.26. The molecule has 2 nitrogen and oxygen atoms in total. The number of hydrogen-bond acceptors (Lipinski definition) is 2. The van der Waals surface area contributed by atoms with Gasteiger partial charge in [-0.05, 0) is 32.8 Å². The highest BCUT2D eigenvalue weighted by atomic mass is 16.5. The molecule has 0 saturated heterocycles. The lowest BCUT2D eigenvalue weighted by atomic mass is 9.69. The van der Waals surface area contributed by atoms with Gasteiger partial charge in [-0.3, -0.25) is 4.79 Å². The van der Waals surface area contributed by atoms with Crippen molar-refractivity contribution in [1.29, 1.82) is 0 Å². The van der Waals surface area contributed by atoms with Crippen LogP contribution in [-0.2, 0) is 10.2 Å². The zero-order valence-electron chi connectivity index (χ0n) is 10.9. The molecule has 1 aromatic rings. The lowest BCUT2D eigenvalue weighted by Crippen LogP contribution is -2.35. The molecule has 0 amide bonds. The maximum atomic E-state index is 12.2. The maximum Gasteiger partial charge on any atom is 0.143 e. The number of benzene rings is 1. The molecular formula is C15H20O2. The van der Waals surface area contributed by atoms with Crippen molar-refractivity contribution < 1.29 is 9.53 Å². The van der Waals surface area contributed by atoms with Gasteiger partial charge < -0.3 is 4.74 Å². The fourth-order valence-corrected chi connectivity index (χ4v) is 2.72. The number of carbonyl (C=O) groups excluding carboxylic acids is 1. The van der Waals surface area contributed by atoms with Crippen LogP contribution in [0.25, 0.3) is 0 Å². The highest BCUT2D eigenvalue weighted by molar-refractivity contribution is 5.91. The first kappa shape index (κ1) is 12.2. The standard InChI is InChI=1S/C15H20O2/c1-11-7-8-13(17-3)12(10-11)15(2)9-5-4-6-14(15)16/h7-8,10H,4-6,9H2,1-3H3. The quantitative estimate of drug-likeness (QED) is 0.781. The Kier molecular flexibility index (Phi) is 3.23. The van der Waals surface area contributed by atoms with E-state index in [1.54, 1.807) is 7.11 Å². The maximum absolute atomic E-state index is 12.2. The average Bonchev–Trinajstić information content (AvgIpc) is 2.33. The van der Waals surface area contributed by atoms with E-state index in [0.717, 1.165) is 30.6 Å². The summed E-state index contributed by atoms with van der Waals surface area (Å²) in [6.07, 6.45) is 3.79. The molecule has 0 aromatic heterocycles. The van der Waals surface area contributed by atoms with Gasteiger partial charge in [0.25, 0.3) is 0 Å². The highest BCUT2D eigenvalue weighted by Gasteiger charge is 2.38. The molecule has 1 saturated carbocycles. The fraction of sp³-hybridized carbons (Fsp3) is 0.533. The second kappa shape index (κ2) is 4.52. The van der Waals surface area contributed by atoms with Gasteiger partial charge in [-0.2, -0.15) is 0 Å². The zero-order chi connectivity index (χ0) is 12.5. The number of hydrogen-bond donors (Lipinski definition) is 0. The van der Waals surface area contributed by atoms with Crippen LogP contribution in [0.4, 0.5) is 0 Å². The summed E-state index contributed by atoms with van der Waals surface area (Å²) in [5.41, 5.74) is 1.89. The lowest BCUT2D eigenvalue weighted by Gasteiger charge is -2.33. The summed E-state index contributed by atoms with van der Waals surface area (Å²) in [6, 6.07) is 6.10. The lowest BCUT2D eigenvalue weighted by molar-refractivity contribution is -0.125. The van der Waals surface area contributed by atoms with E-state index in [0.29, 0.717) is 12.2 Å². The molecule has 0 aliphatic heterocycles. The van der Waals surface area contributed by atoms with Gasteiger partial charge in [-0.1, -0.05) is 24.1 Å². The van der Waals surface area contributed by atoms with Crippen LogP contribution in [0.15, 0.2) is 18.2 Å². The van der Waals surface area contributed by atoms with E-state index in [4.69, 9.17) is 4.74 Å². The summed E-state index contributed by atoms with van der Waals surface area (Å²) in [7, 11) is 1.67. The van der Waals surface area contributed by atoms with E-state index in [1.807, 2.05) is 12.1 Å². The predicted octanol–water partition coefficient (Wildman–Crippen LogP) is 3.40.